The third-order valence-electron chi connectivity index (χ3n) is 3.66. The average molecular weight is 426 g/mol. The zero-order chi connectivity index (χ0) is 19.6. The van der Waals surface area contributed by atoms with Crippen LogP contribution in [0.4, 0.5) is 5.69 Å². The first-order valence-corrected chi connectivity index (χ1v) is 9.82. The second-order valence-electron chi connectivity index (χ2n) is 5.55. The van der Waals surface area contributed by atoms with Gasteiger partial charge in [0.15, 0.2) is 6.61 Å². The molecular weight excluding hydrogens is 413 g/mol. The summed E-state index contributed by atoms with van der Waals surface area (Å²) < 4.78 is 38.6. The number of benzene rings is 3. The van der Waals surface area contributed by atoms with Crippen molar-refractivity contribution in [3.63, 3.8) is 0 Å². The number of amides is 1. The van der Waals surface area contributed by atoms with Crippen LogP contribution in [0.15, 0.2) is 59.5 Å². The van der Waals surface area contributed by atoms with E-state index in [1.54, 1.807) is 30.3 Å². The number of nitrogens with one attached hydrogen (secondary N) is 1. The molecule has 3 aromatic rings. The van der Waals surface area contributed by atoms with Gasteiger partial charge in [-0.25, -0.2) is 0 Å². The van der Waals surface area contributed by atoms with E-state index in [0.29, 0.717) is 15.8 Å². The monoisotopic (exact) mass is 425 g/mol. The Kier molecular flexibility index (Phi) is 5.57. The van der Waals surface area contributed by atoms with Crippen LogP contribution in [0.1, 0.15) is 0 Å². The van der Waals surface area contributed by atoms with E-state index < -0.39 is 22.6 Å². The lowest BCUT2D eigenvalue weighted by Gasteiger charge is -2.13. The number of carbonyl (C=O) groups is 1. The fourth-order valence-corrected chi connectivity index (χ4v) is 3.87. The molecule has 0 unspecified atom stereocenters. The van der Waals surface area contributed by atoms with Gasteiger partial charge in [-0.2, -0.15) is 8.42 Å². The molecule has 2 N–H and O–H groups in total. The van der Waals surface area contributed by atoms with Crippen LogP contribution in [0, 0.1) is 0 Å². The zero-order valence-electron chi connectivity index (χ0n) is 13.6. The minimum absolute atomic E-state index is 0.0491. The molecule has 0 aliphatic carbocycles. The summed E-state index contributed by atoms with van der Waals surface area (Å²) in [5, 5.41) is 3.99. The molecule has 0 aromatic heterocycles. The summed E-state index contributed by atoms with van der Waals surface area (Å²) in [5.41, 5.74) is -0.0491. The van der Waals surface area contributed by atoms with E-state index in [2.05, 4.69) is 5.32 Å². The van der Waals surface area contributed by atoms with Gasteiger partial charge in [0.05, 0.1) is 10.7 Å². The van der Waals surface area contributed by atoms with Gasteiger partial charge < -0.3 is 10.1 Å². The molecule has 0 heterocycles. The Bertz CT molecular complexity index is 1130. The molecule has 0 spiro atoms. The summed E-state index contributed by atoms with van der Waals surface area (Å²) >= 11 is 11.8. The zero-order valence-corrected chi connectivity index (χ0v) is 16.0. The van der Waals surface area contributed by atoms with E-state index in [-0.39, 0.29) is 21.4 Å². The van der Waals surface area contributed by atoms with Crippen LogP contribution in [0.5, 0.6) is 5.75 Å². The van der Waals surface area contributed by atoms with Crippen molar-refractivity contribution in [1.82, 2.24) is 0 Å². The number of anilines is 1. The van der Waals surface area contributed by atoms with Gasteiger partial charge in [-0.3, -0.25) is 9.35 Å². The van der Waals surface area contributed by atoms with Crippen molar-refractivity contribution in [2.24, 2.45) is 0 Å². The predicted octanol–water partition coefficient (Wildman–Crippen LogP) is 4.41. The predicted molar refractivity (Wildman–Crippen MR) is 104 cm³/mol. The van der Waals surface area contributed by atoms with Gasteiger partial charge in [0.1, 0.15) is 10.6 Å². The van der Waals surface area contributed by atoms with Gasteiger partial charge in [0.25, 0.3) is 16.0 Å². The Hall–Kier alpha value is -2.32. The highest BCUT2D eigenvalue weighted by molar-refractivity contribution is 7.86. The molecule has 1 amide bonds. The van der Waals surface area contributed by atoms with Crippen LogP contribution in [-0.4, -0.2) is 25.5 Å². The SMILES string of the molecule is O=C(COc1ccc(Cl)cc1Cl)Nc1ccc2ccccc2c1S(=O)(=O)O. The number of hydrogen-bond donors (Lipinski definition) is 2. The lowest BCUT2D eigenvalue weighted by atomic mass is 10.1. The molecule has 140 valence electrons. The molecular formula is C18H13Cl2NO5S. The van der Waals surface area contributed by atoms with Gasteiger partial charge in [-0.1, -0.05) is 53.5 Å². The lowest BCUT2D eigenvalue weighted by molar-refractivity contribution is -0.118. The van der Waals surface area contributed by atoms with Crippen LogP contribution in [0.3, 0.4) is 0 Å². The Morgan fingerprint density at radius 1 is 1.07 bits per heavy atom. The normalized spacial score (nSPS) is 11.4. The Labute approximate surface area is 165 Å². The fourth-order valence-electron chi connectivity index (χ4n) is 2.54. The minimum atomic E-state index is -4.58. The average Bonchev–Trinajstić information content (AvgIpc) is 2.59. The smallest absolute Gasteiger partial charge is 0.297 e. The fraction of sp³-hybridized carbons (Fsp3) is 0.0556. The summed E-state index contributed by atoms with van der Waals surface area (Å²) in [7, 11) is -4.58. The number of rotatable bonds is 5. The first-order valence-electron chi connectivity index (χ1n) is 7.62. The van der Waals surface area contributed by atoms with E-state index in [0.717, 1.165) is 0 Å². The minimum Gasteiger partial charge on any atom is -0.482 e. The third kappa shape index (κ3) is 4.51. The Balaban J connectivity index is 1.84. The second-order valence-corrected chi connectivity index (χ2v) is 7.75. The third-order valence-corrected chi connectivity index (χ3v) is 5.15. The maximum absolute atomic E-state index is 12.2. The van der Waals surface area contributed by atoms with Crippen LogP contribution >= 0.6 is 23.2 Å². The van der Waals surface area contributed by atoms with Crippen LogP contribution in [0.25, 0.3) is 10.8 Å². The lowest BCUT2D eigenvalue weighted by Crippen LogP contribution is -2.21. The maximum Gasteiger partial charge on any atom is 0.297 e. The number of ether oxygens (including phenoxy) is 1. The molecule has 3 rings (SSSR count). The number of halogens is 2. The van der Waals surface area contributed by atoms with Crippen LogP contribution < -0.4 is 10.1 Å². The van der Waals surface area contributed by atoms with Crippen molar-refractivity contribution < 1.29 is 22.5 Å². The summed E-state index contributed by atoms with van der Waals surface area (Å²) in [6, 6.07) is 14.2. The Morgan fingerprint density at radius 3 is 2.52 bits per heavy atom. The molecule has 0 bridgehead atoms. The number of fused-ring (bicyclic) bond motifs is 1. The van der Waals surface area contributed by atoms with Crippen molar-refractivity contribution in [2.75, 3.05) is 11.9 Å². The van der Waals surface area contributed by atoms with Crippen molar-refractivity contribution in [1.29, 1.82) is 0 Å². The molecule has 0 saturated heterocycles. The molecule has 0 aliphatic rings. The van der Waals surface area contributed by atoms with Crippen LogP contribution in [-0.2, 0) is 14.9 Å². The highest BCUT2D eigenvalue weighted by Crippen LogP contribution is 2.31. The van der Waals surface area contributed by atoms with Crippen LogP contribution in [0.2, 0.25) is 10.0 Å². The van der Waals surface area contributed by atoms with Crippen molar-refractivity contribution >= 4 is 55.7 Å². The quantitative estimate of drug-likeness (QED) is 0.590. The summed E-state index contributed by atoms with van der Waals surface area (Å²) in [6.45, 7) is -0.418. The van der Waals surface area contributed by atoms with Crippen molar-refractivity contribution in [2.45, 2.75) is 4.90 Å². The maximum atomic E-state index is 12.2. The molecule has 0 aliphatic heterocycles. The molecule has 6 nitrogen and oxygen atoms in total. The van der Waals surface area contributed by atoms with Gasteiger partial charge in [-0.05, 0) is 29.7 Å². The highest BCUT2D eigenvalue weighted by Gasteiger charge is 2.21. The highest BCUT2D eigenvalue weighted by atomic mass is 35.5. The second kappa shape index (κ2) is 7.74. The van der Waals surface area contributed by atoms with Gasteiger partial charge in [-0.15, -0.1) is 0 Å². The standard InChI is InChI=1S/C18H13Cl2NO5S/c19-12-6-8-16(14(20)9-12)26-10-17(22)21-15-7-5-11-3-1-2-4-13(11)18(15)27(23,24)25/h1-9H,10H2,(H,21,22)(H,23,24,25). The van der Waals surface area contributed by atoms with Gasteiger partial charge >= 0.3 is 0 Å². The molecule has 0 atom stereocenters. The van der Waals surface area contributed by atoms with E-state index >= 15 is 0 Å². The molecule has 0 fully saturated rings. The molecule has 0 saturated carbocycles. The summed E-state index contributed by atoms with van der Waals surface area (Å²) in [6.07, 6.45) is 0. The largest absolute Gasteiger partial charge is 0.482 e. The van der Waals surface area contributed by atoms with E-state index in [1.165, 1.54) is 24.3 Å². The van der Waals surface area contributed by atoms with E-state index in [9.17, 15) is 17.8 Å². The number of hydrogen-bond acceptors (Lipinski definition) is 4. The Morgan fingerprint density at radius 2 is 1.81 bits per heavy atom. The van der Waals surface area contributed by atoms with E-state index in [1.807, 2.05) is 0 Å². The van der Waals surface area contributed by atoms with Crippen molar-refractivity contribution in [3.8, 4) is 5.75 Å². The summed E-state index contributed by atoms with van der Waals surface area (Å²) in [4.78, 5) is 11.8. The topological polar surface area (TPSA) is 92.7 Å². The molecule has 9 heteroatoms. The van der Waals surface area contributed by atoms with E-state index in [4.69, 9.17) is 27.9 Å². The van der Waals surface area contributed by atoms with Gasteiger partial charge in [0.2, 0.25) is 0 Å². The molecule has 3 aromatic carbocycles. The summed E-state index contributed by atoms with van der Waals surface area (Å²) in [5.74, 6) is -0.370. The molecule has 27 heavy (non-hydrogen) atoms. The number of carbonyl (C=O) groups excluding carboxylic acids is 1. The molecule has 0 radical (unpaired) electrons. The first-order chi connectivity index (χ1) is 12.8. The van der Waals surface area contributed by atoms with Crippen molar-refractivity contribution in [3.05, 3.63) is 64.6 Å². The van der Waals surface area contributed by atoms with Gasteiger partial charge in [0, 0.05) is 10.4 Å². The first kappa shape index (κ1) is 19.4.